The Labute approximate surface area is 112 Å². The van der Waals surface area contributed by atoms with Gasteiger partial charge in [-0.15, -0.1) is 0 Å². The fourth-order valence-electron chi connectivity index (χ4n) is 2.50. The lowest BCUT2D eigenvalue weighted by molar-refractivity contribution is 0.359. The van der Waals surface area contributed by atoms with E-state index in [4.69, 9.17) is 0 Å². The maximum atomic E-state index is 4.54. The SMILES string of the molecule is CCCCCCC(C)(CCCC)c1cnccn1. The smallest absolute Gasteiger partial charge is 0.0645 e. The van der Waals surface area contributed by atoms with E-state index in [2.05, 4.69) is 30.7 Å². The van der Waals surface area contributed by atoms with Crippen LogP contribution in [0, 0.1) is 0 Å². The molecule has 0 amide bonds. The third kappa shape index (κ3) is 4.75. The summed E-state index contributed by atoms with van der Waals surface area (Å²) in [5.41, 5.74) is 1.40. The van der Waals surface area contributed by atoms with Gasteiger partial charge in [-0.25, -0.2) is 0 Å². The zero-order valence-corrected chi connectivity index (χ0v) is 12.3. The van der Waals surface area contributed by atoms with Gasteiger partial charge in [-0.05, 0) is 12.8 Å². The van der Waals surface area contributed by atoms with Crippen molar-refractivity contribution in [2.45, 2.75) is 77.6 Å². The first-order valence-electron chi connectivity index (χ1n) is 7.49. The van der Waals surface area contributed by atoms with Crippen LogP contribution in [0.15, 0.2) is 18.6 Å². The van der Waals surface area contributed by atoms with Crippen molar-refractivity contribution in [2.75, 3.05) is 0 Å². The topological polar surface area (TPSA) is 25.8 Å². The molecule has 0 aliphatic heterocycles. The Kier molecular flexibility index (Phi) is 6.92. The van der Waals surface area contributed by atoms with Crippen LogP contribution in [0.3, 0.4) is 0 Å². The number of nitrogens with zero attached hydrogens (tertiary/aromatic N) is 2. The largest absolute Gasteiger partial charge is 0.261 e. The van der Waals surface area contributed by atoms with Crippen molar-refractivity contribution >= 4 is 0 Å². The summed E-state index contributed by atoms with van der Waals surface area (Å²) >= 11 is 0. The molecule has 0 aliphatic carbocycles. The zero-order chi connectivity index (χ0) is 13.3. The maximum absolute atomic E-state index is 4.54. The molecule has 18 heavy (non-hydrogen) atoms. The second-order valence-electron chi connectivity index (χ2n) is 5.57. The number of hydrogen-bond acceptors (Lipinski definition) is 2. The fraction of sp³-hybridized carbons (Fsp3) is 0.750. The molecule has 0 bridgehead atoms. The molecule has 1 unspecified atom stereocenters. The standard InChI is InChI=1S/C16H28N2/c1-4-6-8-9-11-16(3,10-7-5-2)15-14-17-12-13-18-15/h12-14H,4-11H2,1-3H3. The molecule has 2 heteroatoms. The molecule has 1 aromatic rings. The molecule has 2 nitrogen and oxygen atoms in total. The lowest BCUT2D eigenvalue weighted by atomic mass is 9.77. The number of aromatic nitrogens is 2. The summed E-state index contributed by atoms with van der Waals surface area (Å²) in [6, 6.07) is 0. The molecule has 0 saturated heterocycles. The molecule has 1 aromatic heterocycles. The van der Waals surface area contributed by atoms with Crippen molar-refractivity contribution in [2.24, 2.45) is 0 Å². The minimum atomic E-state index is 0.220. The van der Waals surface area contributed by atoms with Crippen molar-refractivity contribution in [3.8, 4) is 0 Å². The third-order valence-electron chi connectivity index (χ3n) is 3.85. The summed E-state index contributed by atoms with van der Waals surface area (Å²) in [5.74, 6) is 0. The summed E-state index contributed by atoms with van der Waals surface area (Å²) in [7, 11) is 0. The Morgan fingerprint density at radius 1 is 0.944 bits per heavy atom. The van der Waals surface area contributed by atoms with E-state index in [-0.39, 0.29) is 5.41 Å². The van der Waals surface area contributed by atoms with Crippen LogP contribution in [-0.4, -0.2) is 9.97 Å². The van der Waals surface area contributed by atoms with Gasteiger partial charge >= 0.3 is 0 Å². The van der Waals surface area contributed by atoms with Crippen LogP contribution >= 0.6 is 0 Å². The highest BCUT2D eigenvalue weighted by Crippen LogP contribution is 2.33. The number of hydrogen-bond donors (Lipinski definition) is 0. The van der Waals surface area contributed by atoms with E-state index in [9.17, 15) is 0 Å². The molecule has 0 spiro atoms. The average Bonchev–Trinajstić information content (AvgIpc) is 2.42. The lowest BCUT2D eigenvalue weighted by Gasteiger charge is -2.29. The second-order valence-corrected chi connectivity index (χ2v) is 5.57. The van der Waals surface area contributed by atoms with Gasteiger partial charge in [0.15, 0.2) is 0 Å². The van der Waals surface area contributed by atoms with Crippen molar-refractivity contribution in [3.05, 3.63) is 24.3 Å². The highest BCUT2D eigenvalue weighted by Gasteiger charge is 2.27. The summed E-state index contributed by atoms with van der Waals surface area (Å²) in [4.78, 5) is 8.78. The molecule has 0 aromatic carbocycles. The van der Waals surface area contributed by atoms with Gasteiger partial charge in [-0.2, -0.15) is 0 Å². The van der Waals surface area contributed by atoms with Crippen LogP contribution in [0.4, 0.5) is 0 Å². The molecular weight excluding hydrogens is 220 g/mol. The number of rotatable bonds is 9. The van der Waals surface area contributed by atoms with Crippen LogP contribution in [-0.2, 0) is 5.41 Å². The Hall–Kier alpha value is -0.920. The molecule has 102 valence electrons. The van der Waals surface area contributed by atoms with Gasteiger partial charge in [0.25, 0.3) is 0 Å². The van der Waals surface area contributed by atoms with Gasteiger partial charge in [-0.1, -0.05) is 59.3 Å². The third-order valence-corrected chi connectivity index (χ3v) is 3.85. The normalized spacial score (nSPS) is 14.4. The highest BCUT2D eigenvalue weighted by molar-refractivity contribution is 5.11. The van der Waals surface area contributed by atoms with Crippen LogP contribution in [0.5, 0.6) is 0 Å². The molecular formula is C16H28N2. The van der Waals surface area contributed by atoms with E-state index in [0.717, 1.165) is 0 Å². The lowest BCUT2D eigenvalue weighted by Crippen LogP contribution is -2.23. The van der Waals surface area contributed by atoms with Crippen LogP contribution in [0.1, 0.15) is 77.8 Å². The maximum Gasteiger partial charge on any atom is 0.0645 e. The van der Waals surface area contributed by atoms with Crippen molar-refractivity contribution in [3.63, 3.8) is 0 Å². The molecule has 0 radical (unpaired) electrons. The predicted octanol–water partition coefficient (Wildman–Crippen LogP) is 4.89. The second kappa shape index (κ2) is 8.23. The molecule has 1 heterocycles. The van der Waals surface area contributed by atoms with Gasteiger partial charge in [0.05, 0.1) is 5.69 Å². The summed E-state index contributed by atoms with van der Waals surface area (Å²) in [6.07, 6.45) is 15.9. The van der Waals surface area contributed by atoms with Crippen molar-refractivity contribution in [1.82, 2.24) is 9.97 Å². The average molecular weight is 248 g/mol. The van der Waals surface area contributed by atoms with E-state index >= 15 is 0 Å². The molecule has 1 atom stereocenters. The Balaban J connectivity index is 2.63. The number of unbranched alkanes of at least 4 members (excludes halogenated alkanes) is 4. The quantitative estimate of drug-likeness (QED) is 0.581. The van der Waals surface area contributed by atoms with E-state index in [0.29, 0.717) is 0 Å². The van der Waals surface area contributed by atoms with Gasteiger partial charge in [0.2, 0.25) is 0 Å². The van der Waals surface area contributed by atoms with E-state index in [1.54, 1.807) is 6.20 Å². The summed E-state index contributed by atoms with van der Waals surface area (Å²) in [6.45, 7) is 6.88. The van der Waals surface area contributed by atoms with Crippen molar-refractivity contribution < 1.29 is 0 Å². The van der Waals surface area contributed by atoms with E-state index in [1.165, 1.54) is 57.1 Å². The Morgan fingerprint density at radius 2 is 1.67 bits per heavy atom. The van der Waals surface area contributed by atoms with Crippen LogP contribution in [0.2, 0.25) is 0 Å². The van der Waals surface area contributed by atoms with Crippen molar-refractivity contribution in [1.29, 1.82) is 0 Å². The molecule has 0 N–H and O–H groups in total. The summed E-state index contributed by atoms with van der Waals surface area (Å²) < 4.78 is 0. The van der Waals surface area contributed by atoms with Gasteiger partial charge in [0.1, 0.15) is 0 Å². The van der Waals surface area contributed by atoms with E-state index in [1.807, 2.05) is 12.4 Å². The zero-order valence-electron chi connectivity index (χ0n) is 12.3. The molecule has 1 rings (SSSR count). The Bertz CT molecular complexity index is 310. The van der Waals surface area contributed by atoms with Crippen LogP contribution in [0.25, 0.3) is 0 Å². The minimum Gasteiger partial charge on any atom is -0.261 e. The van der Waals surface area contributed by atoms with Gasteiger partial charge < -0.3 is 0 Å². The van der Waals surface area contributed by atoms with E-state index < -0.39 is 0 Å². The predicted molar refractivity (Wildman–Crippen MR) is 77.7 cm³/mol. The first-order valence-corrected chi connectivity index (χ1v) is 7.49. The minimum absolute atomic E-state index is 0.220. The molecule has 0 fully saturated rings. The van der Waals surface area contributed by atoms with Gasteiger partial charge in [0, 0.05) is 24.0 Å². The Morgan fingerprint density at radius 3 is 2.28 bits per heavy atom. The van der Waals surface area contributed by atoms with Crippen LogP contribution < -0.4 is 0 Å². The molecule has 0 saturated carbocycles. The highest BCUT2D eigenvalue weighted by atomic mass is 14.8. The monoisotopic (exact) mass is 248 g/mol. The fourth-order valence-corrected chi connectivity index (χ4v) is 2.50. The first-order chi connectivity index (χ1) is 8.73. The van der Waals surface area contributed by atoms with Gasteiger partial charge in [-0.3, -0.25) is 9.97 Å². The molecule has 0 aliphatic rings. The summed E-state index contributed by atoms with van der Waals surface area (Å²) in [5, 5.41) is 0. The first kappa shape index (κ1) is 15.1.